The van der Waals surface area contributed by atoms with Gasteiger partial charge < -0.3 is 5.64 Å². The summed E-state index contributed by atoms with van der Waals surface area (Å²) in [6.07, 6.45) is 0. The topological polar surface area (TPSA) is 26.0 Å². The summed E-state index contributed by atoms with van der Waals surface area (Å²) >= 11 is 0. The van der Waals surface area contributed by atoms with Crippen LogP contribution in [-0.4, -0.2) is 6.85 Å². The molecule has 0 amide bonds. The van der Waals surface area contributed by atoms with E-state index in [1.165, 1.54) is 0 Å². The van der Waals surface area contributed by atoms with E-state index in [2.05, 4.69) is 24.3 Å². The van der Waals surface area contributed by atoms with Gasteiger partial charge in [0.05, 0.1) is 0 Å². The average molecular weight is 181 g/mol. The molecule has 2 N–H and O–H groups in total. The Labute approximate surface area is 84.7 Å². The summed E-state index contributed by atoms with van der Waals surface area (Å²) in [6, 6.07) is 20.3. The number of hydrogen-bond acceptors (Lipinski definition) is 1. The molecular weight excluding hydrogens is 169 g/mol. The first-order valence-electron chi connectivity index (χ1n) is 4.73. The van der Waals surface area contributed by atoms with Crippen molar-refractivity contribution >= 4 is 17.8 Å². The standard InChI is InChI=1S/C12H12BN/c14-13(11-7-3-1-4-8-11)12-9-5-2-6-10-12/h1-10H,14H2. The fourth-order valence-electron chi connectivity index (χ4n) is 1.51. The van der Waals surface area contributed by atoms with Gasteiger partial charge in [-0.2, -0.15) is 0 Å². The zero-order valence-corrected chi connectivity index (χ0v) is 7.93. The first-order valence-corrected chi connectivity index (χ1v) is 4.73. The van der Waals surface area contributed by atoms with Crippen LogP contribution in [-0.2, 0) is 0 Å². The van der Waals surface area contributed by atoms with Crippen molar-refractivity contribution in [1.82, 2.24) is 0 Å². The molecule has 0 bridgehead atoms. The summed E-state index contributed by atoms with van der Waals surface area (Å²) in [5.74, 6) is 0. The zero-order chi connectivity index (χ0) is 9.80. The minimum Gasteiger partial charge on any atom is -0.362 e. The normalized spacial score (nSPS) is 9.79. The maximum atomic E-state index is 6.12. The van der Waals surface area contributed by atoms with Gasteiger partial charge in [-0.25, -0.2) is 0 Å². The van der Waals surface area contributed by atoms with Crippen LogP contribution in [0.25, 0.3) is 0 Å². The first-order chi connectivity index (χ1) is 6.88. The van der Waals surface area contributed by atoms with Gasteiger partial charge in [0, 0.05) is 0 Å². The molecule has 2 aromatic rings. The molecule has 1 nitrogen and oxygen atoms in total. The Hall–Kier alpha value is -1.54. The molecule has 0 aliphatic rings. The molecule has 2 aromatic carbocycles. The van der Waals surface area contributed by atoms with Gasteiger partial charge in [0.2, 0.25) is 0 Å². The van der Waals surface area contributed by atoms with Crippen molar-refractivity contribution in [3.05, 3.63) is 60.7 Å². The monoisotopic (exact) mass is 181 g/mol. The van der Waals surface area contributed by atoms with Crippen LogP contribution in [0.4, 0.5) is 0 Å². The second-order valence-corrected chi connectivity index (χ2v) is 3.30. The minimum absolute atomic E-state index is 0.0163. The van der Waals surface area contributed by atoms with Gasteiger partial charge in [-0.3, -0.25) is 0 Å². The second kappa shape index (κ2) is 4.12. The van der Waals surface area contributed by atoms with Crippen molar-refractivity contribution < 1.29 is 0 Å². The van der Waals surface area contributed by atoms with E-state index in [-0.39, 0.29) is 6.85 Å². The zero-order valence-electron chi connectivity index (χ0n) is 7.93. The van der Waals surface area contributed by atoms with Crippen molar-refractivity contribution in [2.75, 3.05) is 0 Å². The maximum absolute atomic E-state index is 6.12. The summed E-state index contributed by atoms with van der Waals surface area (Å²) in [5, 5.41) is 0. The molecule has 0 atom stereocenters. The number of nitrogens with two attached hydrogens (primary N) is 1. The molecular formula is C12H12BN. The van der Waals surface area contributed by atoms with Crippen LogP contribution in [0.1, 0.15) is 0 Å². The molecule has 68 valence electrons. The minimum atomic E-state index is -0.0163. The Bertz CT molecular complexity index is 346. The van der Waals surface area contributed by atoms with E-state index in [9.17, 15) is 0 Å². The molecule has 0 radical (unpaired) electrons. The number of rotatable bonds is 2. The molecule has 0 saturated heterocycles. The molecule has 0 unspecified atom stereocenters. The van der Waals surface area contributed by atoms with E-state index in [4.69, 9.17) is 5.64 Å². The molecule has 0 fully saturated rings. The van der Waals surface area contributed by atoms with Crippen LogP contribution in [0.3, 0.4) is 0 Å². The van der Waals surface area contributed by atoms with Crippen LogP contribution in [0.15, 0.2) is 60.7 Å². The lowest BCUT2D eigenvalue weighted by molar-refractivity contribution is 1.69. The van der Waals surface area contributed by atoms with Gasteiger partial charge in [0.25, 0.3) is 6.85 Å². The Kier molecular flexibility index (Phi) is 2.66. The second-order valence-electron chi connectivity index (χ2n) is 3.30. The van der Waals surface area contributed by atoms with E-state index in [1.54, 1.807) is 0 Å². The highest BCUT2D eigenvalue weighted by molar-refractivity contribution is 6.82. The van der Waals surface area contributed by atoms with E-state index in [1.807, 2.05) is 36.4 Å². The summed E-state index contributed by atoms with van der Waals surface area (Å²) in [6.45, 7) is -0.0163. The summed E-state index contributed by atoms with van der Waals surface area (Å²) in [4.78, 5) is 0. The predicted octanol–water partition coefficient (Wildman–Crippen LogP) is 0.751. The smallest absolute Gasteiger partial charge is 0.286 e. The van der Waals surface area contributed by atoms with E-state index in [0.717, 1.165) is 10.9 Å². The van der Waals surface area contributed by atoms with Crippen molar-refractivity contribution in [1.29, 1.82) is 0 Å². The lowest BCUT2D eigenvalue weighted by Gasteiger charge is -2.07. The predicted molar refractivity (Wildman–Crippen MR) is 62.1 cm³/mol. The first kappa shape index (κ1) is 9.04. The Balaban J connectivity index is 2.30. The summed E-state index contributed by atoms with van der Waals surface area (Å²) in [5.41, 5.74) is 8.42. The van der Waals surface area contributed by atoms with E-state index < -0.39 is 0 Å². The van der Waals surface area contributed by atoms with E-state index in [0.29, 0.717) is 0 Å². The van der Waals surface area contributed by atoms with Gasteiger partial charge in [-0.05, 0) is 0 Å². The Morgan fingerprint density at radius 1 is 0.643 bits per heavy atom. The third kappa shape index (κ3) is 1.86. The third-order valence-corrected chi connectivity index (χ3v) is 2.32. The number of benzene rings is 2. The van der Waals surface area contributed by atoms with Crippen LogP contribution in [0, 0.1) is 0 Å². The Morgan fingerprint density at radius 3 is 1.36 bits per heavy atom. The SMILES string of the molecule is NB(c1ccccc1)c1ccccc1. The van der Waals surface area contributed by atoms with Gasteiger partial charge in [-0.15, -0.1) is 0 Å². The van der Waals surface area contributed by atoms with Gasteiger partial charge in [0.15, 0.2) is 0 Å². The fraction of sp³-hybridized carbons (Fsp3) is 0. The molecule has 2 rings (SSSR count). The van der Waals surface area contributed by atoms with Crippen molar-refractivity contribution in [2.24, 2.45) is 5.64 Å². The van der Waals surface area contributed by atoms with Gasteiger partial charge >= 0.3 is 0 Å². The lowest BCUT2D eigenvalue weighted by Crippen LogP contribution is -2.50. The fourth-order valence-corrected chi connectivity index (χ4v) is 1.51. The van der Waals surface area contributed by atoms with Crippen LogP contribution in [0.2, 0.25) is 0 Å². The molecule has 2 heteroatoms. The summed E-state index contributed by atoms with van der Waals surface area (Å²) in [7, 11) is 0. The lowest BCUT2D eigenvalue weighted by atomic mass is 9.52. The highest BCUT2D eigenvalue weighted by atomic mass is 14.4. The molecule has 14 heavy (non-hydrogen) atoms. The van der Waals surface area contributed by atoms with Gasteiger partial charge in [-0.1, -0.05) is 71.6 Å². The van der Waals surface area contributed by atoms with Crippen molar-refractivity contribution in [3.8, 4) is 0 Å². The molecule has 0 aliphatic carbocycles. The molecule has 0 aromatic heterocycles. The average Bonchev–Trinajstić information content (AvgIpc) is 2.30. The van der Waals surface area contributed by atoms with Crippen LogP contribution >= 0.6 is 0 Å². The highest BCUT2D eigenvalue weighted by Gasteiger charge is 2.12. The molecule has 0 heterocycles. The van der Waals surface area contributed by atoms with Crippen molar-refractivity contribution in [3.63, 3.8) is 0 Å². The quantitative estimate of drug-likeness (QED) is 0.679. The largest absolute Gasteiger partial charge is 0.362 e. The third-order valence-electron chi connectivity index (χ3n) is 2.32. The van der Waals surface area contributed by atoms with Crippen LogP contribution in [0.5, 0.6) is 0 Å². The molecule has 0 saturated carbocycles. The maximum Gasteiger partial charge on any atom is 0.286 e. The highest BCUT2D eigenvalue weighted by Crippen LogP contribution is 1.87. The summed E-state index contributed by atoms with van der Waals surface area (Å²) < 4.78 is 0. The molecule has 0 spiro atoms. The van der Waals surface area contributed by atoms with Crippen molar-refractivity contribution in [2.45, 2.75) is 0 Å². The van der Waals surface area contributed by atoms with Gasteiger partial charge in [0.1, 0.15) is 0 Å². The Morgan fingerprint density at radius 2 is 1.00 bits per heavy atom. The molecule has 0 aliphatic heterocycles. The van der Waals surface area contributed by atoms with E-state index >= 15 is 0 Å². The number of hydrogen-bond donors (Lipinski definition) is 1. The van der Waals surface area contributed by atoms with Crippen LogP contribution < -0.4 is 16.6 Å².